The molecule has 11 rings (SSSR count). The molecule has 3 unspecified atom stereocenters. The van der Waals surface area contributed by atoms with E-state index in [1.807, 2.05) is 35.6 Å². The average molecular weight is 678 g/mol. The fourth-order valence-corrected chi connectivity index (χ4v) is 9.16. The summed E-state index contributed by atoms with van der Waals surface area (Å²) in [5.41, 5.74) is 9.39. The van der Waals surface area contributed by atoms with Gasteiger partial charge in [-0.15, -0.1) is 11.3 Å². The van der Waals surface area contributed by atoms with Gasteiger partial charge in [0.05, 0.1) is 18.5 Å². The van der Waals surface area contributed by atoms with Crippen molar-refractivity contribution in [1.29, 1.82) is 0 Å². The van der Waals surface area contributed by atoms with E-state index in [9.17, 15) is 0 Å². The van der Waals surface area contributed by atoms with Gasteiger partial charge in [-0.2, -0.15) is 0 Å². The highest BCUT2D eigenvalue weighted by Crippen LogP contribution is 2.41. The zero-order valence-corrected chi connectivity index (χ0v) is 28.2. The number of nitrogens with one attached hydrogen (secondary N) is 3. The Balaban J connectivity index is 0.990. The number of para-hydroxylation sites is 4. The zero-order chi connectivity index (χ0) is 33.5. The lowest BCUT2D eigenvalue weighted by atomic mass is 10.00. The van der Waals surface area contributed by atoms with E-state index in [2.05, 4.69) is 143 Å². The van der Waals surface area contributed by atoms with Gasteiger partial charge in [0, 0.05) is 52.8 Å². The molecule has 1 fully saturated rings. The molecule has 6 heteroatoms. The van der Waals surface area contributed by atoms with Gasteiger partial charge in [-0.3, -0.25) is 16.0 Å². The third-order valence-corrected chi connectivity index (χ3v) is 11.5. The predicted molar refractivity (Wildman–Crippen MR) is 210 cm³/mol. The number of hydrogen-bond acceptors (Lipinski definition) is 6. The summed E-state index contributed by atoms with van der Waals surface area (Å²) in [6.45, 7) is 0. The van der Waals surface area contributed by atoms with Gasteiger partial charge in [0.1, 0.15) is 22.3 Å². The molecule has 4 heterocycles. The molecule has 3 aromatic heterocycles. The maximum absolute atomic E-state index is 6.49. The van der Waals surface area contributed by atoms with E-state index in [1.165, 1.54) is 31.3 Å². The van der Waals surface area contributed by atoms with Gasteiger partial charge in [0.2, 0.25) is 0 Å². The summed E-state index contributed by atoms with van der Waals surface area (Å²) in [7, 11) is 0. The molecule has 0 bridgehead atoms. The van der Waals surface area contributed by atoms with Crippen LogP contribution >= 0.6 is 11.3 Å². The highest BCUT2D eigenvalue weighted by Gasteiger charge is 2.31. The first-order valence-corrected chi connectivity index (χ1v) is 18.2. The number of furan rings is 2. The van der Waals surface area contributed by atoms with Crippen molar-refractivity contribution in [2.45, 2.75) is 18.5 Å². The van der Waals surface area contributed by atoms with E-state index in [1.54, 1.807) is 0 Å². The van der Waals surface area contributed by atoms with Crippen molar-refractivity contribution in [3.63, 3.8) is 0 Å². The lowest BCUT2D eigenvalue weighted by Crippen LogP contribution is -2.54. The predicted octanol–water partition coefficient (Wildman–Crippen LogP) is 11.7. The van der Waals surface area contributed by atoms with Gasteiger partial charge < -0.3 is 8.83 Å². The van der Waals surface area contributed by atoms with Gasteiger partial charge in [-0.25, -0.2) is 0 Å². The van der Waals surface area contributed by atoms with Gasteiger partial charge in [-0.05, 0) is 41.0 Å². The van der Waals surface area contributed by atoms with Crippen LogP contribution in [0.25, 0.3) is 75.2 Å². The molecule has 3 N–H and O–H groups in total. The molecule has 244 valence electrons. The Labute approximate surface area is 297 Å². The molecule has 0 radical (unpaired) electrons. The molecule has 1 saturated heterocycles. The molecule has 0 amide bonds. The minimum atomic E-state index is -0.160. The number of benzene rings is 7. The van der Waals surface area contributed by atoms with E-state index in [0.717, 1.165) is 60.6 Å². The van der Waals surface area contributed by atoms with Crippen molar-refractivity contribution in [3.8, 4) is 11.1 Å². The third-order valence-electron chi connectivity index (χ3n) is 10.4. The Kier molecular flexibility index (Phi) is 6.48. The standard InChI is InChI=1S/C45H31N3O2S/c1-2-10-26(11-3-1)43-46-44(48-45(47-43)36-17-9-16-35-31-13-5-7-19-38(31)50-42(35)36)28-21-23-33-32-22-20-27(24-39(32)51-40(33)25-28)29-14-8-15-34-30-12-4-6-18-37(30)49-41(29)34/h1-25,43-48H. The second-order valence-electron chi connectivity index (χ2n) is 13.4. The number of thiophene rings is 1. The van der Waals surface area contributed by atoms with Crippen molar-refractivity contribution in [2.24, 2.45) is 0 Å². The van der Waals surface area contributed by atoms with Crippen LogP contribution in [0.3, 0.4) is 0 Å². The van der Waals surface area contributed by atoms with Crippen LogP contribution in [0.5, 0.6) is 0 Å². The smallest absolute Gasteiger partial charge is 0.143 e. The molecular weight excluding hydrogens is 647 g/mol. The fourth-order valence-electron chi connectivity index (χ4n) is 7.97. The number of rotatable bonds is 4. The average Bonchev–Trinajstić information content (AvgIpc) is 3.88. The highest BCUT2D eigenvalue weighted by molar-refractivity contribution is 7.25. The summed E-state index contributed by atoms with van der Waals surface area (Å²) in [6, 6.07) is 53.7. The molecule has 5 nitrogen and oxygen atoms in total. The summed E-state index contributed by atoms with van der Waals surface area (Å²) in [6.07, 6.45) is -0.354. The Morgan fingerprint density at radius 2 is 1.00 bits per heavy atom. The molecule has 3 atom stereocenters. The molecule has 51 heavy (non-hydrogen) atoms. The fraction of sp³-hybridized carbons (Fsp3) is 0.0667. The van der Waals surface area contributed by atoms with Gasteiger partial charge in [-0.1, -0.05) is 127 Å². The van der Waals surface area contributed by atoms with Crippen LogP contribution in [0.2, 0.25) is 0 Å². The first-order valence-electron chi connectivity index (χ1n) is 17.4. The SMILES string of the molecule is c1ccc(C2NC(c3ccc4c(c3)sc3cc(-c5cccc6c5oc5ccccc56)ccc34)NC(c3cccc4c3oc3ccccc34)N2)cc1. The summed E-state index contributed by atoms with van der Waals surface area (Å²) in [5.74, 6) is 0. The Morgan fingerprint density at radius 3 is 1.78 bits per heavy atom. The first-order chi connectivity index (χ1) is 25.2. The van der Waals surface area contributed by atoms with Gasteiger partial charge in [0.25, 0.3) is 0 Å². The minimum absolute atomic E-state index is 0.0799. The molecule has 0 saturated carbocycles. The summed E-state index contributed by atoms with van der Waals surface area (Å²) in [5, 5.41) is 18.7. The van der Waals surface area contributed by atoms with Crippen molar-refractivity contribution < 1.29 is 8.83 Å². The van der Waals surface area contributed by atoms with E-state index in [4.69, 9.17) is 8.83 Å². The molecule has 1 aliphatic heterocycles. The van der Waals surface area contributed by atoms with Crippen molar-refractivity contribution in [1.82, 2.24) is 16.0 Å². The lowest BCUT2D eigenvalue weighted by Gasteiger charge is -2.39. The molecule has 0 aliphatic carbocycles. The Hall–Kier alpha value is -5.76. The number of hydrogen-bond donors (Lipinski definition) is 3. The first kappa shape index (κ1) is 29.0. The third kappa shape index (κ3) is 4.65. The summed E-state index contributed by atoms with van der Waals surface area (Å²) < 4.78 is 15.4. The molecule has 10 aromatic rings. The molecule has 0 spiro atoms. The van der Waals surface area contributed by atoms with Gasteiger partial charge in [0.15, 0.2) is 0 Å². The number of fused-ring (bicyclic) bond motifs is 9. The second-order valence-corrected chi connectivity index (χ2v) is 14.5. The largest absolute Gasteiger partial charge is 0.456 e. The van der Waals surface area contributed by atoms with Crippen LogP contribution in [0.15, 0.2) is 160 Å². The lowest BCUT2D eigenvalue weighted by molar-refractivity contribution is 0.203. The van der Waals surface area contributed by atoms with Crippen molar-refractivity contribution in [2.75, 3.05) is 0 Å². The quantitative estimate of drug-likeness (QED) is 0.173. The van der Waals surface area contributed by atoms with Crippen LogP contribution in [0.1, 0.15) is 35.2 Å². The van der Waals surface area contributed by atoms with Crippen LogP contribution in [0, 0.1) is 0 Å². The maximum atomic E-state index is 6.49. The monoisotopic (exact) mass is 677 g/mol. The zero-order valence-electron chi connectivity index (χ0n) is 27.4. The Bertz CT molecular complexity index is 2940. The van der Waals surface area contributed by atoms with Crippen molar-refractivity contribution in [3.05, 3.63) is 168 Å². The van der Waals surface area contributed by atoms with Gasteiger partial charge >= 0.3 is 0 Å². The molecular formula is C45H31N3O2S. The topological polar surface area (TPSA) is 62.4 Å². The highest BCUT2D eigenvalue weighted by atomic mass is 32.1. The summed E-state index contributed by atoms with van der Waals surface area (Å²) >= 11 is 1.84. The maximum Gasteiger partial charge on any atom is 0.143 e. The van der Waals surface area contributed by atoms with E-state index in [0.29, 0.717) is 0 Å². The molecule has 7 aromatic carbocycles. The van der Waals surface area contributed by atoms with E-state index in [-0.39, 0.29) is 18.5 Å². The van der Waals surface area contributed by atoms with Crippen LogP contribution < -0.4 is 16.0 Å². The molecule has 1 aliphatic rings. The van der Waals surface area contributed by atoms with Crippen LogP contribution in [0.4, 0.5) is 0 Å². The van der Waals surface area contributed by atoms with Crippen molar-refractivity contribution >= 4 is 75.4 Å². The van der Waals surface area contributed by atoms with Crippen LogP contribution in [-0.2, 0) is 0 Å². The summed E-state index contributed by atoms with van der Waals surface area (Å²) in [4.78, 5) is 0. The van der Waals surface area contributed by atoms with E-state index < -0.39 is 0 Å². The second kappa shape index (κ2) is 11.4. The van der Waals surface area contributed by atoms with E-state index >= 15 is 0 Å². The normalized spacial score (nSPS) is 18.2. The van der Waals surface area contributed by atoms with Crippen LogP contribution in [-0.4, -0.2) is 0 Å². The Morgan fingerprint density at radius 1 is 0.412 bits per heavy atom. The minimum Gasteiger partial charge on any atom is -0.456 e.